The molecule has 1 aliphatic rings. The molecular formula is C20H25F2NO4S. The first-order valence-corrected chi connectivity index (χ1v) is 10.4. The zero-order chi connectivity index (χ0) is 20.5. The van der Waals surface area contributed by atoms with E-state index in [0.717, 1.165) is 23.6 Å². The topological polar surface area (TPSA) is 77.8 Å². The van der Waals surface area contributed by atoms with Crippen molar-refractivity contribution in [2.45, 2.75) is 44.2 Å². The Bertz CT molecular complexity index is 713. The van der Waals surface area contributed by atoms with Crippen LogP contribution in [0, 0.1) is 11.6 Å². The predicted octanol–water partition coefficient (Wildman–Crippen LogP) is 3.01. The van der Waals surface area contributed by atoms with Gasteiger partial charge in [-0.1, -0.05) is 18.2 Å². The Kier molecular flexibility index (Phi) is 8.92. The molecule has 1 fully saturated rings. The molecule has 2 atom stereocenters. The van der Waals surface area contributed by atoms with Gasteiger partial charge in [-0.15, -0.1) is 0 Å². The van der Waals surface area contributed by atoms with Gasteiger partial charge in [0.25, 0.3) is 0 Å². The molecule has 1 aromatic rings. The smallest absolute Gasteiger partial charge is 0.303 e. The number of carbonyl (C=O) groups excluding carboxylic acids is 1. The molecular weight excluding hydrogens is 388 g/mol. The summed E-state index contributed by atoms with van der Waals surface area (Å²) in [6.07, 6.45) is 4.59. The highest BCUT2D eigenvalue weighted by Crippen LogP contribution is 2.21. The largest absolute Gasteiger partial charge is 0.481 e. The lowest BCUT2D eigenvalue weighted by Crippen LogP contribution is -2.34. The van der Waals surface area contributed by atoms with E-state index in [-0.39, 0.29) is 24.8 Å². The lowest BCUT2D eigenvalue weighted by atomic mass is 10.1. The lowest BCUT2D eigenvalue weighted by Gasteiger charge is -2.22. The molecule has 0 bridgehead atoms. The first-order chi connectivity index (χ1) is 13.4. The highest BCUT2D eigenvalue weighted by molar-refractivity contribution is 7.99. The van der Waals surface area contributed by atoms with Crippen LogP contribution >= 0.6 is 11.8 Å². The lowest BCUT2D eigenvalue weighted by molar-refractivity contribution is -0.137. The number of aliphatic hydroxyl groups is 1. The van der Waals surface area contributed by atoms with Crippen molar-refractivity contribution in [3.63, 3.8) is 0 Å². The molecule has 0 aromatic heterocycles. The van der Waals surface area contributed by atoms with Crippen LogP contribution in [0.5, 0.6) is 0 Å². The maximum atomic E-state index is 13.2. The molecule has 1 amide bonds. The normalized spacial score (nSPS) is 18.2. The van der Waals surface area contributed by atoms with E-state index in [1.54, 1.807) is 28.8 Å². The monoisotopic (exact) mass is 413 g/mol. The summed E-state index contributed by atoms with van der Waals surface area (Å²) in [5, 5.41) is 18.7. The molecule has 154 valence electrons. The Morgan fingerprint density at radius 2 is 2.11 bits per heavy atom. The fourth-order valence-corrected chi connectivity index (χ4v) is 3.95. The van der Waals surface area contributed by atoms with Gasteiger partial charge in [-0.05, 0) is 36.3 Å². The van der Waals surface area contributed by atoms with Gasteiger partial charge >= 0.3 is 5.97 Å². The average molecular weight is 413 g/mol. The van der Waals surface area contributed by atoms with Crippen LogP contribution in [-0.2, 0) is 16.0 Å². The number of nitrogens with zero attached hydrogens (tertiary/aromatic N) is 1. The number of amides is 1. The molecule has 0 saturated carbocycles. The maximum absolute atomic E-state index is 13.2. The highest BCUT2D eigenvalue weighted by Gasteiger charge is 2.28. The molecule has 0 radical (unpaired) electrons. The van der Waals surface area contributed by atoms with Gasteiger partial charge < -0.3 is 15.1 Å². The number of hydrogen-bond acceptors (Lipinski definition) is 4. The minimum atomic E-state index is -0.943. The van der Waals surface area contributed by atoms with Crippen LogP contribution in [0.15, 0.2) is 30.4 Å². The van der Waals surface area contributed by atoms with Crippen molar-refractivity contribution < 1.29 is 28.6 Å². The number of thioether (sulfide) groups is 1. The van der Waals surface area contributed by atoms with Crippen molar-refractivity contribution in [3.05, 3.63) is 47.5 Å². The van der Waals surface area contributed by atoms with Crippen molar-refractivity contribution >= 4 is 23.6 Å². The Morgan fingerprint density at radius 3 is 2.82 bits per heavy atom. The van der Waals surface area contributed by atoms with E-state index in [2.05, 4.69) is 0 Å². The summed E-state index contributed by atoms with van der Waals surface area (Å²) in [6, 6.07) is 3.45. The SMILES string of the molecule is O=C(O)CCCSCCN1C(=O)CC[C@@H]1/C=C/[C@@H](O)Cc1ccc(F)c(F)c1. The number of benzene rings is 1. The maximum Gasteiger partial charge on any atom is 0.303 e. The summed E-state index contributed by atoms with van der Waals surface area (Å²) in [5.74, 6) is -1.13. The van der Waals surface area contributed by atoms with E-state index in [1.165, 1.54) is 6.07 Å². The van der Waals surface area contributed by atoms with Gasteiger partial charge in [0.15, 0.2) is 11.6 Å². The van der Waals surface area contributed by atoms with Gasteiger partial charge in [0.1, 0.15) is 0 Å². The van der Waals surface area contributed by atoms with Crippen molar-refractivity contribution in [1.82, 2.24) is 4.90 Å². The standard InChI is InChI=1S/C20H25F2NO4S/c21-17-7-3-14(13-18(17)22)12-16(24)6-4-15-5-8-19(25)23(15)9-11-28-10-1-2-20(26)27/h3-4,6-7,13,15-16,24H,1-2,5,8-12H2,(H,26,27)/b6-4+/t15-,16+/m0/s1. The number of likely N-dealkylation sites (tertiary alicyclic amines) is 1. The third kappa shape index (κ3) is 7.24. The number of hydrogen-bond donors (Lipinski definition) is 2. The van der Waals surface area contributed by atoms with Crippen LogP contribution in [0.2, 0.25) is 0 Å². The number of aliphatic carboxylic acids is 1. The minimum Gasteiger partial charge on any atom is -0.481 e. The van der Waals surface area contributed by atoms with E-state index in [1.807, 2.05) is 0 Å². The van der Waals surface area contributed by atoms with Crippen LogP contribution in [0.4, 0.5) is 8.78 Å². The Morgan fingerprint density at radius 1 is 1.32 bits per heavy atom. The van der Waals surface area contributed by atoms with Crippen LogP contribution in [0.1, 0.15) is 31.2 Å². The zero-order valence-electron chi connectivity index (χ0n) is 15.5. The highest BCUT2D eigenvalue weighted by atomic mass is 32.2. The number of rotatable bonds is 11. The molecule has 28 heavy (non-hydrogen) atoms. The van der Waals surface area contributed by atoms with E-state index in [0.29, 0.717) is 31.4 Å². The summed E-state index contributed by atoms with van der Waals surface area (Å²) in [4.78, 5) is 24.3. The van der Waals surface area contributed by atoms with E-state index >= 15 is 0 Å². The molecule has 2 rings (SSSR count). The number of carbonyl (C=O) groups is 2. The van der Waals surface area contributed by atoms with Gasteiger partial charge in [-0.3, -0.25) is 9.59 Å². The van der Waals surface area contributed by atoms with Gasteiger partial charge in [0.05, 0.1) is 12.1 Å². The number of carboxylic acids is 1. The number of halogens is 2. The van der Waals surface area contributed by atoms with Crippen LogP contribution in [0.3, 0.4) is 0 Å². The first-order valence-electron chi connectivity index (χ1n) is 9.26. The molecule has 8 heteroatoms. The average Bonchev–Trinajstić information content (AvgIpc) is 2.99. The van der Waals surface area contributed by atoms with Crippen molar-refractivity contribution in [1.29, 1.82) is 0 Å². The summed E-state index contributed by atoms with van der Waals surface area (Å²) >= 11 is 1.62. The molecule has 0 aliphatic carbocycles. The summed E-state index contributed by atoms with van der Waals surface area (Å²) in [6.45, 7) is 0.574. The predicted molar refractivity (Wildman–Crippen MR) is 104 cm³/mol. The summed E-state index contributed by atoms with van der Waals surface area (Å²) in [5.41, 5.74) is 0.494. The van der Waals surface area contributed by atoms with Crippen molar-refractivity contribution in [3.8, 4) is 0 Å². The van der Waals surface area contributed by atoms with Crippen LogP contribution in [-0.4, -0.2) is 57.2 Å². The van der Waals surface area contributed by atoms with Crippen molar-refractivity contribution in [2.24, 2.45) is 0 Å². The second-order valence-electron chi connectivity index (χ2n) is 6.71. The molecule has 0 spiro atoms. The number of carboxylic acid groups (broad SMARTS) is 1. The van der Waals surface area contributed by atoms with Gasteiger partial charge in [0, 0.05) is 31.6 Å². The molecule has 1 aromatic carbocycles. The molecule has 0 unspecified atom stereocenters. The third-order valence-corrected chi connectivity index (χ3v) is 5.56. The minimum absolute atomic E-state index is 0.0656. The van der Waals surface area contributed by atoms with E-state index in [9.17, 15) is 23.5 Å². The second-order valence-corrected chi connectivity index (χ2v) is 7.93. The van der Waals surface area contributed by atoms with Gasteiger partial charge in [0.2, 0.25) is 5.91 Å². The van der Waals surface area contributed by atoms with Crippen molar-refractivity contribution in [2.75, 3.05) is 18.1 Å². The van der Waals surface area contributed by atoms with E-state index < -0.39 is 23.7 Å². The Labute approximate surface area is 167 Å². The second kappa shape index (κ2) is 11.2. The molecule has 5 nitrogen and oxygen atoms in total. The van der Waals surface area contributed by atoms with Gasteiger partial charge in [-0.25, -0.2) is 8.78 Å². The fraction of sp³-hybridized carbons (Fsp3) is 0.500. The Hall–Kier alpha value is -1.93. The third-order valence-electron chi connectivity index (χ3n) is 4.51. The zero-order valence-corrected chi connectivity index (χ0v) is 16.3. The first kappa shape index (κ1) is 22.4. The summed E-state index contributed by atoms with van der Waals surface area (Å²) in [7, 11) is 0. The van der Waals surface area contributed by atoms with Crippen LogP contribution in [0.25, 0.3) is 0 Å². The van der Waals surface area contributed by atoms with E-state index in [4.69, 9.17) is 5.11 Å². The summed E-state index contributed by atoms with van der Waals surface area (Å²) < 4.78 is 26.2. The Balaban J connectivity index is 1.79. The fourth-order valence-electron chi connectivity index (χ4n) is 3.07. The van der Waals surface area contributed by atoms with Gasteiger partial charge in [-0.2, -0.15) is 11.8 Å². The van der Waals surface area contributed by atoms with Crippen LogP contribution < -0.4 is 0 Å². The molecule has 1 saturated heterocycles. The molecule has 1 aliphatic heterocycles. The molecule has 2 N–H and O–H groups in total. The quantitative estimate of drug-likeness (QED) is 0.431. The molecule has 1 heterocycles. The number of aliphatic hydroxyl groups excluding tert-OH is 1.